The van der Waals surface area contributed by atoms with Gasteiger partial charge in [-0.3, -0.25) is 4.79 Å². The zero-order valence-electron chi connectivity index (χ0n) is 14.7. The molecule has 0 saturated heterocycles. The SMILES string of the molecule is CC(=NNC(=O)c1ccc(COc2c(Br)cc(C)cc2Br)cc1)C1CC1. The zero-order chi connectivity index (χ0) is 18.7. The van der Waals surface area contributed by atoms with Crippen LogP contribution >= 0.6 is 31.9 Å². The van der Waals surface area contributed by atoms with Crippen LogP contribution in [0.3, 0.4) is 0 Å². The Hall–Kier alpha value is -1.66. The van der Waals surface area contributed by atoms with Crippen LogP contribution in [0.4, 0.5) is 0 Å². The van der Waals surface area contributed by atoms with E-state index in [1.54, 1.807) is 12.1 Å². The Morgan fingerprint density at radius 1 is 1.19 bits per heavy atom. The minimum Gasteiger partial charge on any atom is -0.487 e. The number of hydrogen-bond donors (Lipinski definition) is 1. The van der Waals surface area contributed by atoms with Crippen molar-refractivity contribution in [2.45, 2.75) is 33.3 Å². The van der Waals surface area contributed by atoms with Crippen molar-refractivity contribution in [2.75, 3.05) is 0 Å². The molecular weight excluding hydrogens is 460 g/mol. The topological polar surface area (TPSA) is 50.7 Å². The minimum absolute atomic E-state index is 0.193. The molecule has 1 saturated carbocycles. The number of benzene rings is 2. The van der Waals surface area contributed by atoms with Gasteiger partial charge in [-0.2, -0.15) is 5.10 Å². The van der Waals surface area contributed by atoms with Gasteiger partial charge < -0.3 is 4.74 Å². The minimum atomic E-state index is -0.193. The van der Waals surface area contributed by atoms with E-state index >= 15 is 0 Å². The second-order valence-electron chi connectivity index (χ2n) is 6.51. The number of nitrogens with zero attached hydrogens (tertiary/aromatic N) is 1. The van der Waals surface area contributed by atoms with Crippen molar-refractivity contribution in [2.24, 2.45) is 11.0 Å². The normalized spacial score (nSPS) is 14.2. The summed E-state index contributed by atoms with van der Waals surface area (Å²) in [6, 6.07) is 11.4. The molecule has 1 N–H and O–H groups in total. The van der Waals surface area contributed by atoms with Gasteiger partial charge in [0.05, 0.1) is 8.95 Å². The average Bonchev–Trinajstić information content (AvgIpc) is 3.44. The molecule has 1 aliphatic carbocycles. The highest BCUT2D eigenvalue weighted by atomic mass is 79.9. The van der Waals surface area contributed by atoms with Crippen LogP contribution in [0.1, 0.15) is 41.3 Å². The van der Waals surface area contributed by atoms with E-state index in [4.69, 9.17) is 4.74 Å². The average molecular weight is 480 g/mol. The van der Waals surface area contributed by atoms with Gasteiger partial charge in [-0.1, -0.05) is 12.1 Å². The molecule has 1 fully saturated rings. The molecule has 0 bridgehead atoms. The Bertz CT molecular complexity index is 820. The fourth-order valence-corrected chi connectivity index (χ4v) is 4.17. The van der Waals surface area contributed by atoms with Gasteiger partial charge in [0.15, 0.2) is 0 Å². The molecule has 0 unspecified atom stereocenters. The van der Waals surface area contributed by atoms with Crippen molar-refractivity contribution < 1.29 is 9.53 Å². The number of aryl methyl sites for hydroxylation is 1. The number of nitrogens with one attached hydrogen (secondary N) is 1. The summed E-state index contributed by atoms with van der Waals surface area (Å²) in [5.74, 6) is 1.12. The highest BCUT2D eigenvalue weighted by Gasteiger charge is 2.24. The summed E-state index contributed by atoms with van der Waals surface area (Å²) in [6.07, 6.45) is 2.35. The van der Waals surface area contributed by atoms with E-state index in [1.807, 2.05) is 38.1 Å². The molecule has 4 nitrogen and oxygen atoms in total. The molecule has 3 rings (SSSR count). The molecule has 2 aromatic rings. The molecule has 6 heteroatoms. The maximum Gasteiger partial charge on any atom is 0.271 e. The number of carbonyl (C=O) groups is 1. The zero-order valence-corrected chi connectivity index (χ0v) is 17.9. The van der Waals surface area contributed by atoms with E-state index in [9.17, 15) is 4.79 Å². The first-order valence-corrected chi connectivity index (χ1v) is 10.0. The van der Waals surface area contributed by atoms with Crippen molar-refractivity contribution in [3.8, 4) is 5.75 Å². The first-order valence-electron chi connectivity index (χ1n) is 8.46. The molecule has 2 aromatic carbocycles. The van der Waals surface area contributed by atoms with E-state index in [-0.39, 0.29) is 5.91 Å². The van der Waals surface area contributed by atoms with Crippen molar-refractivity contribution in [1.82, 2.24) is 5.43 Å². The highest BCUT2D eigenvalue weighted by molar-refractivity contribution is 9.11. The van der Waals surface area contributed by atoms with E-state index in [1.165, 1.54) is 12.8 Å². The fraction of sp³-hybridized carbons (Fsp3) is 0.300. The van der Waals surface area contributed by atoms with Crippen LogP contribution in [-0.2, 0) is 6.61 Å². The van der Waals surface area contributed by atoms with Gasteiger partial charge in [0.25, 0.3) is 5.91 Å². The van der Waals surface area contributed by atoms with Crippen LogP contribution in [-0.4, -0.2) is 11.6 Å². The summed E-state index contributed by atoms with van der Waals surface area (Å²) in [5.41, 5.74) is 6.33. The number of amides is 1. The number of halogens is 2. The maximum absolute atomic E-state index is 12.1. The third-order valence-corrected chi connectivity index (χ3v) is 5.42. The molecule has 0 radical (unpaired) electrons. The van der Waals surface area contributed by atoms with Crippen LogP contribution < -0.4 is 10.2 Å². The predicted octanol–water partition coefficient (Wildman–Crippen LogP) is 5.61. The quantitative estimate of drug-likeness (QED) is 0.432. The third-order valence-electron chi connectivity index (χ3n) is 4.24. The largest absolute Gasteiger partial charge is 0.487 e. The smallest absolute Gasteiger partial charge is 0.271 e. The fourth-order valence-electron chi connectivity index (χ4n) is 2.53. The molecule has 1 amide bonds. The van der Waals surface area contributed by atoms with Crippen LogP contribution in [0.15, 0.2) is 50.4 Å². The summed E-state index contributed by atoms with van der Waals surface area (Å²) in [5, 5.41) is 4.17. The van der Waals surface area contributed by atoms with Gasteiger partial charge in [-0.15, -0.1) is 0 Å². The molecule has 0 heterocycles. The molecule has 0 atom stereocenters. The summed E-state index contributed by atoms with van der Waals surface area (Å²) in [7, 11) is 0. The van der Waals surface area contributed by atoms with Gasteiger partial charge in [0.1, 0.15) is 12.4 Å². The van der Waals surface area contributed by atoms with Crippen LogP contribution in [0.5, 0.6) is 5.75 Å². The Kier molecular flexibility index (Phi) is 6.14. The van der Waals surface area contributed by atoms with Gasteiger partial charge in [-0.05, 0) is 99.9 Å². The Balaban J connectivity index is 1.59. The molecular formula is C20H20Br2N2O2. The number of ether oxygens (including phenoxy) is 1. The van der Waals surface area contributed by atoms with Gasteiger partial charge >= 0.3 is 0 Å². The van der Waals surface area contributed by atoms with E-state index in [0.29, 0.717) is 18.1 Å². The van der Waals surface area contributed by atoms with E-state index in [2.05, 4.69) is 42.4 Å². The lowest BCUT2D eigenvalue weighted by molar-refractivity contribution is 0.0954. The van der Waals surface area contributed by atoms with Crippen LogP contribution in [0, 0.1) is 12.8 Å². The lowest BCUT2D eigenvalue weighted by atomic mass is 10.1. The monoisotopic (exact) mass is 478 g/mol. The number of rotatable bonds is 6. The van der Waals surface area contributed by atoms with Crippen molar-refractivity contribution in [3.05, 3.63) is 62.0 Å². The standard InChI is InChI=1S/C20H20Br2N2O2/c1-12-9-17(21)19(18(22)10-12)26-11-14-3-5-16(6-4-14)20(25)24-23-13(2)15-7-8-15/h3-6,9-10,15H,7-8,11H2,1-2H3,(H,24,25). The summed E-state index contributed by atoms with van der Waals surface area (Å²) < 4.78 is 7.72. The molecule has 0 aromatic heterocycles. The number of hydrogen-bond acceptors (Lipinski definition) is 3. The predicted molar refractivity (Wildman–Crippen MR) is 111 cm³/mol. The highest BCUT2D eigenvalue weighted by Crippen LogP contribution is 2.35. The van der Waals surface area contributed by atoms with Crippen molar-refractivity contribution in [1.29, 1.82) is 0 Å². The third kappa shape index (κ3) is 4.95. The second-order valence-corrected chi connectivity index (χ2v) is 8.22. The molecule has 0 aliphatic heterocycles. The Labute approximate surface area is 170 Å². The lowest BCUT2D eigenvalue weighted by Gasteiger charge is -2.11. The summed E-state index contributed by atoms with van der Waals surface area (Å²) in [4.78, 5) is 12.1. The second kappa shape index (κ2) is 8.35. The first kappa shape index (κ1) is 19.1. The van der Waals surface area contributed by atoms with Crippen molar-refractivity contribution >= 4 is 43.5 Å². The molecule has 1 aliphatic rings. The maximum atomic E-state index is 12.1. The Morgan fingerprint density at radius 3 is 2.38 bits per heavy atom. The molecule has 136 valence electrons. The molecule has 26 heavy (non-hydrogen) atoms. The molecule has 0 spiro atoms. The van der Waals surface area contributed by atoms with E-state index < -0.39 is 0 Å². The summed E-state index contributed by atoms with van der Waals surface area (Å²) >= 11 is 7.05. The van der Waals surface area contributed by atoms with Gasteiger partial charge in [-0.25, -0.2) is 5.43 Å². The first-order chi connectivity index (χ1) is 12.4. The van der Waals surface area contributed by atoms with E-state index in [0.717, 1.165) is 31.5 Å². The van der Waals surface area contributed by atoms with Gasteiger partial charge in [0.2, 0.25) is 0 Å². The Morgan fingerprint density at radius 2 is 1.81 bits per heavy atom. The van der Waals surface area contributed by atoms with Crippen molar-refractivity contribution in [3.63, 3.8) is 0 Å². The lowest BCUT2D eigenvalue weighted by Crippen LogP contribution is -2.19. The number of carbonyl (C=O) groups excluding carboxylic acids is 1. The van der Waals surface area contributed by atoms with Gasteiger partial charge in [0, 0.05) is 11.3 Å². The number of hydrazone groups is 1. The summed E-state index contributed by atoms with van der Waals surface area (Å²) in [6.45, 7) is 4.40. The van der Waals surface area contributed by atoms with Crippen LogP contribution in [0.2, 0.25) is 0 Å². The van der Waals surface area contributed by atoms with Crippen LogP contribution in [0.25, 0.3) is 0 Å².